The Bertz CT molecular complexity index is 635. The highest BCUT2D eigenvalue weighted by Crippen LogP contribution is 2.26. The van der Waals surface area contributed by atoms with Crippen LogP contribution in [0.25, 0.3) is 0 Å². The van der Waals surface area contributed by atoms with E-state index in [1.807, 2.05) is 17.9 Å². The lowest BCUT2D eigenvalue weighted by atomic mass is 10.0. The summed E-state index contributed by atoms with van der Waals surface area (Å²) in [6.45, 7) is 3.55. The normalized spacial score (nSPS) is 23.5. The molecule has 2 aliphatic heterocycles. The molecule has 0 radical (unpaired) electrons. The molecule has 0 aromatic carbocycles. The van der Waals surface area contributed by atoms with E-state index < -0.39 is 0 Å². The zero-order chi connectivity index (χ0) is 18.5. The van der Waals surface area contributed by atoms with Gasteiger partial charge >= 0.3 is 0 Å². The van der Waals surface area contributed by atoms with Gasteiger partial charge in [0.05, 0.1) is 12.3 Å². The van der Waals surface area contributed by atoms with Crippen molar-refractivity contribution < 1.29 is 9.53 Å². The first-order valence-corrected chi connectivity index (χ1v) is 9.36. The molecule has 2 atom stereocenters. The van der Waals surface area contributed by atoms with Crippen LogP contribution in [-0.2, 0) is 16.6 Å². The fourth-order valence-electron chi connectivity index (χ4n) is 3.44. The molecule has 2 aliphatic rings. The van der Waals surface area contributed by atoms with Gasteiger partial charge < -0.3 is 19.9 Å². The van der Waals surface area contributed by atoms with E-state index >= 15 is 0 Å². The molecule has 8 nitrogen and oxygen atoms in total. The van der Waals surface area contributed by atoms with Gasteiger partial charge in [-0.25, -0.2) is 4.99 Å². The van der Waals surface area contributed by atoms with Crippen LogP contribution in [0.1, 0.15) is 30.7 Å². The molecule has 1 amide bonds. The van der Waals surface area contributed by atoms with Crippen LogP contribution in [0.5, 0.6) is 0 Å². The summed E-state index contributed by atoms with van der Waals surface area (Å²) >= 11 is 0. The number of rotatable bonds is 5. The second-order valence-electron chi connectivity index (χ2n) is 7.32. The van der Waals surface area contributed by atoms with Crippen LogP contribution in [0.15, 0.2) is 17.4 Å². The van der Waals surface area contributed by atoms with E-state index in [1.165, 1.54) is 5.56 Å². The van der Waals surface area contributed by atoms with Crippen molar-refractivity contribution in [3.05, 3.63) is 18.0 Å². The molecule has 144 valence electrons. The summed E-state index contributed by atoms with van der Waals surface area (Å²) in [5, 5.41) is 7.72. The van der Waals surface area contributed by atoms with Gasteiger partial charge in [-0.05, 0) is 24.8 Å². The molecule has 1 aromatic heterocycles. The van der Waals surface area contributed by atoms with Gasteiger partial charge in [0.15, 0.2) is 5.96 Å². The lowest BCUT2D eigenvalue weighted by Crippen LogP contribution is -2.43. The number of likely N-dealkylation sites (tertiary alicyclic amines) is 1. The van der Waals surface area contributed by atoms with Crippen LogP contribution in [0.4, 0.5) is 0 Å². The summed E-state index contributed by atoms with van der Waals surface area (Å²) in [4.78, 5) is 20.4. The molecular formula is C18H30N6O2. The van der Waals surface area contributed by atoms with Crippen LogP contribution in [0.3, 0.4) is 0 Å². The van der Waals surface area contributed by atoms with Gasteiger partial charge in [0.2, 0.25) is 5.91 Å². The number of carbonyl (C=O) groups is 1. The number of nitrogens with one attached hydrogen (secondary N) is 1. The Balaban J connectivity index is 1.63. The lowest BCUT2D eigenvalue weighted by molar-refractivity contribution is -0.127. The fourth-order valence-corrected chi connectivity index (χ4v) is 3.44. The third-order valence-electron chi connectivity index (χ3n) is 5.06. The van der Waals surface area contributed by atoms with Gasteiger partial charge in [-0.2, -0.15) is 5.10 Å². The largest absolute Gasteiger partial charge is 0.376 e. The quantitative estimate of drug-likeness (QED) is 0.607. The number of hydrogen-bond donors (Lipinski definition) is 1. The Kier molecular flexibility index (Phi) is 6.13. The maximum Gasteiger partial charge on any atom is 0.243 e. The summed E-state index contributed by atoms with van der Waals surface area (Å²) in [7, 11) is 5.45. The molecule has 0 aliphatic carbocycles. The van der Waals surface area contributed by atoms with Gasteiger partial charge in [0, 0.05) is 59.5 Å². The Morgan fingerprint density at radius 3 is 2.96 bits per heavy atom. The third-order valence-corrected chi connectivity index (χ3v) is 5.06. The summed E-state index contributed by atoms with van der Waals surface area (Å²) in [5.41, 5.74) is 1.26. The van der Waals surface area contributed by atoms with Gasteiger partial charge in [-0.1, -0.05) is 0 Å². The van der Waals surface area contributed by atoms with Crippen molar-refractivity contribution >= 4 is 11.9 Å². The molecule has 0 saturated carbocycles. The fraction of sp³-hybridized carbons (Fsp3) is 0.722. The number of nitrogens with zero attached hydrogens (tertiary/aromatic N) is 5. The molecular weight excluding hydrogens is 332 g/mol. The molecule has 3 rings (SSSR count). The molecule has 2 unspecified atom stereocenters. The van der Waals surface area contributed by atoms with E-state index in [0.717, 1.165) is 51.5 Å². The smallest absolute Gasteiger partial charge is 0.243 e. The Hall–Kier alpha value is -2.09. The number of aliphatic imine (C=N–C) groups is 1. The van der Waals surface area contributed by atoms with Gasteiger partial charge in [-0.15, -0.1) is 0 Å². The third kappa shape index (κ3) is 4.75. The van der Waals surface area contributed by atoms with Crippen LogP contribution in [0, 0.1) is 0 Å². The Morgan fingerprint density at radius 1 is 1.46 bits per heavy atom. The van der Waals surface area contributed by atoms with Crippen molar-refractivity contribution in [1.82, 2.24) is 24.9 Å². The van der Waals surface area contributed by atoms with Gasteiger partial charge in [-0.3, -0.25) is 9.48 Å². The van der Waals surface area contributed by atoms with E-state index in [4.69, 9.17) is 4.74 Å². The predicted octanol–water partition coefficient (Wildman–Crippen LogP) is 0.422. The highest BCUT2D eigenvalue weighted by atomic mass is 16.5. The number of aromatic nitrogens is 2. The molecule has 0 spiro atoms. The molecule has 2 fully saturated rings. The standard InChI is InChI=1S/C18H30N6O2/c1-22(2)17(25)11-20-18(19-10-16-5-4-8-26-16)24-7-6-14(13-24)15-9-21-23(3)12-15/h9,12,14,16H,4-8,10-11,13H2,1-3H3,(H,19,20). The first-order chi connectivity index (χ1) is 12.5. The van der Waals surface area contributed by atoms with Crippen molar-refractivity contribution in [2.45, 2.75) is 31.3 Å². The van der Waals surface area contributed by atoms with Crippen molar-refractivity contribution in [2.75, 3.05) is 46.9 Å². The second kappa shape index (κ2) is 8.53. The van der Waals surface area contributed by atoms with Crippen molar-refractivity contribution in [2.24, 2.45) is 12.0 Å². The zero-order valence-electron chi connectivity index (χ0n) is 16.0. The molecule has 1 aromatic rings. The number of ether oxygens (including phenoxy) is 1. The number of aryl methyl sites for hydroxylation is 1. The highest BCUT2D eigenvalue weighted by molar-refractivity contribution is 5.85. The van der Waals surface area contributed by atoms with E-state index in [1.54, 1.807) is 19.0 Å². The lowest BCUT2D eigenvalue weighted by Gasteiger charge is -2.23. The van der Waals surface area contributed by atoms with E-state index in [-0.39, 0.29) is 18.6 Å². The first kappa shape index (κ1) is 18.7. The molecule has 26 heavy (non-hydrogen) atoms. The van der Waals surface area contributed by atoms with Crippen LogP contribution in [0.2, 0.25) is 0 Å². The zero-order valence-corrected chi connectivity index (χ0v) is 16.0. The van der Waals surface area contributed by atoms with Crippen LogP contribution >= 0.6 is 0 Å². The first-order valence-electron chi connectivity index (χ1n) is 9.36. The minimum Gasteiger partial charge on any atom is -0.376 e. The van der Waals surface area contributed by atoms with Crippen molar-refractivity contribution in [3.63, 3.8) is 0 Å². The van der Waals surface area contributed by atoms with Crippen LogP contribution in [-0.4, -0.2) is 84.4 Å². The maximum atomic E-state index is 11.9. The van der Waals surface area contributed by atoms with Gasteiger partial charge in [0.1, 0.15) is 6.54 Å². The molecule has 8 heteroatoms. The SMILES string of the molecule is CN(C)C(=O)CN=C(NCC1CCCO1)N1CCC(c2cnn(C)c2)C1. The monoisotopic (exact) mass is 362 g/mol. The second-order valence-corrected chi connectivity index (χ2v) is 7.32. The predicted molar refractivity (Wildman–Crippen MR) is 100 cm³/mol. The molecule has 3 heterocycles. The minimum atomic E-state index is 0.00410. The topological polar surface area (TPSA) is 75.0 Å². The number of amides is 1. The molecule has 0 bridgehead atoms. The summed E-state index contributed by atoms with van der Waals surface area (Å²) in [5.74, 6) is 1.26. The maximum absolute atomic E-state index is 11.9. The summed E-state index contributed by atoms with van der Waals surface area (Å²) < 4.78 is 7.55. The minimum absolute atomic E-state index is 0.00410. The van der Waals surface area contributed by atoms with E-state index in [0.29, 0.717) is 5.92 Å². The Labute approximate surface area is 155 Å². The number of guanidine groups is 1. The molecule has 2 saturated heterocycles. The van der Waals surface area contributed by atoms with E-state index in [9.17, 15) is 4.79 Å². The number of likely N-dealkylation sites (N-methyl/N-ethyl adjacent to an activating group) is 1. The van der Waals surface area contributed by atoms with Gasteiger partial charge in [0.25, 0.3) is 0 Å². The summed E-state index contributed by atoms with van der Waals surface area (Å²) in [6.07, 6.45) is 7.52. The Morgan fingerprint density at radius 2 is 2.31 bits per heavy atom. The van der Waals surface area contributed by atoms with Crippen molar-refractivity contribution in [3.8, 4) is 0 Å². The van der Waals surface area contributed by atoms with Crippen molar-refractivity contribution in [1.29, 1.82) is 0 Å². The van der Waals surface area contributed by atoms with Crippen LogP contribution < -0.4 is 5.32 Å². The summed E-state index contributed by atoms with van der Waals surface area (Å²) in [6, 6.07) is 0. The highest BCUT2D eigenvalue weighted by Gasteiger charge is 2.28. The molecule has 1 N–H and O–H groups in total. The van der Waals surface area contributed by atoms with E-state index in [2.05, 4.69) is 26.5 Å². The average molecular weight is 362 g/mol. The number of carbonyl (C=O) groups excluding carboxylic acids is 1. The number of hydrogen-bond acceptors (Lipinski definition) is 4. The average Bonchev–Trinajstić information content (AvgIpc) is 3.35.